The lowest BCUT2D eigenvalue weighted by molar-refractivity contribution is -0.237. The summed E-state index contributed by atoms with van der Waals surface area (Å²) >= 11 is 0. The van der Waals surface area contributed by atoms with Gasteiger partial charge in [0.25, 0.3) is 25.9 Å². The van der Waals surface area contributed by atoms with Gasteiger partial charge in [-0.05, 0) is 19.1 Å². The van der Waals surface area contributed by atoms with Gasteiger partial charge in [-0.1, -0.05) is 99.1 Å². The summed E-state index contributed by atoms with van der Waals surface area (Å²) in [4.78, 5) is 243. The van der Waals surface area contributed by atoms with Gasteiger partial charge in [-0.25, -0.2) is 0 Å². The van der Waals surface area contributed by atoms with Crippen LogP contribution in [0.15, 0.2) is 47.9 Å². The van der Waals surface area contributed by atoms with Crippen LogP contribution in [0.5, 0.6) is 0 Å². The quantitative estimate of drug-likeness (QED) is 0.0238. The molecule has 0 amide bonds. The maximum atomic E-state index is 12.7. The molecule has 0 saturated carbocycles. The van der Waals surface area contributed by atoms with E-state index in [9.17, 15) is 101 Å². The number of rotatable bonds is 46. The number of aliphatic hydroxyl groups excluding tert-OH is 1. The Balaban J connectivity index is 0. The molecule has 9 unspecified atom stereocenters. The van der Waals surface area contributed by atoms with Crippen molar-refractivity contribution < 1.29 is 182 Å². The number of carbonyl (C=O) groups excluding carboxylic acids is 21. The zero-order chi connectivity index (χ0) is 94.1. The zero-order valence-electron chi connectivity index (χ0n) is 72.7. The fourth-order valence-corrected chi connectivity index (χ4v) is 10.5. The Kier molecular flexibility index (Phi) is 54.3. The third-order valence-corrected chi connectivity index (χ3v) is 16.6. The number of carbonyl (C=O) groups is 21. The Hall–Kier alpha value is -11.8. The Labute approximate surface area is 706 Å². The molecule has 40 heteroatoms. The average molecular weight is 1740 g/mol. The molecule has 1 aromatic heterocycles. The molecule has 122 heavy (non-hydrogen) atoms. The summed E-state index contributed by atoms with van der Waals surface area (Å²) < 4.78 is 82.9. The molecule has 3 rings (SSSR count). The van der Waals surface area contributed by atoms with Gasteiger partial charge in [-0.15, -0.1) is 0 Å². The second-order valence-electron chi connectivity index (χ2n) is 28.6. The van der Waals surface area contributed by atoms with Gasteiger partial charge in [0.1, 0.15) is 70.3 Å². The number of hydrogen-bond acceptors (Lipinski definition) is 39. The van der Waals surface area contributed by atoms with Crippen LogP contribution in [-0.4, -0.2) is 244 Å². The van der Waals surface area contributed by atoms with Crippen molar-refractivity contribution in [2.45, 2.75) is 213 Å². The number of benzene rings is 1. The lowest BCUT2D eigenvalue weighted by atomic mass is 9.84. The summed E-state index contributed by atoms with van der Waals surface area (Å²) in [6.07, 6.45) is -10.3. The first-order valence-corrected chi connectivity index (χ1v) is 38.1. The number of aryl methyl sites for hydroxylation is 1. The average Bonchev–Trinajstić information content (AvgIpc) is 1.02. The van der Waals surface area contributed by atoms with E-state index in [0.29, 0.717) is 17.0 Å². The highest BCUT2D eigenvalue weighted by Crippen LogP contribution is 2.34. The molecule has 1 saturated heterocycles. The summed E-state index contributed by atoms with van der Waals surface area (Å²) in [5.41, 5.74) is 8.07. The third kappa shape index (κ3) is 43.9. The number of aliphatic hydroxyl groups is 1. The Bertz CT molecular complexity index is 3890. The number of nitrogens with two attached hydrogens (primary N) is 1. The Morgan fingerprint density at radius 3 is 1.35 bits per heavy atom. The van der Waals surface area contributed by atoms with Crippen LogP contribution < -0.4 is 5.73 Å². The molecule has 0 aliphatic carbocycles. The largest absolute Gasteiger partial charge is 0.467 e. The van der Waals surface area contributed by atoms with Crippen LogP contribution in [-0.2, 0) is 185 Å². The van der Waals surface area contributed by atoms with Crippen molar-refractivity contribution in [1.82, 2.24) is 4.57 Å². The van der Waals surface area contributed by atoms with Crippen molar-refractivity contribution in [2.75, 3.05) is 52.9 Å². The molecule has 0 radical (unpaired) electrons. The second kappa shape index (κ2) is 59.0. The smallest absolute Gasteiger partial charge is 0.312 e. The van der Waals surface area contributed by atoms with Crippen LogP contribution in [0.2, 0.25) is 0 Å². The van der Waals surface area contributed by atoms with Crippen molar-refractivity contribution in [3.63, 3.8) is 0 Å². The highest BCUT2D eigenvalue weighted by molar-refractivity contribution is 6.08. The van der Waals surface area contributed by atoms with Crippen LogP contribution >= 0.6 is 0 Å². The lowest BCUT2D eigenvalue weighted by Gasteiger charge is -2.44. The number of Topliss-reactive ketones (excluding diaryl/α,β-unsaturated/α-hetero) is 5. The molecule has 2 heterocycles. The molecular formula is C82H116N2O38. The molecule has 0 bridgehead atoms. The predicted octanol–water partition coefficient (Wildman–Crippen LogP) is 3.79. The maximum absolute atomic E-state index is 12.7. The fourth-order valence-electron chi connectivity index (χ4n) is 10.5. The summed E-state index contributed by atoms with van der Waals surface area (Å²) in [5.74, 6) is -16.2. The standard InChI is InChI=1S/C20H23NO4.C19H28O11.C19H26O11.C18H26O10.C6H13NO2/c1-13(2)18(22)12-25-19(23)11-16-9-10-17(21(16)4)20(24)15-7-5-14(3)6-8-15;2*1-10(2)16(25)18(29-13(5)23)19(30-14(6)24)17(28-12(4)22)15(7-26-9-20)8-27-11(3)21;1-10(2)14(23)5-15-18(27-12(4)22)17(26-11(3)21)13(6-24-8-19)16(28-15)7-25-9-20;1-4(2)6(9)5(7)3-8/h5-10,13H,11-12H2,1-4H3;9-10,15,17-19H,7-8H2,1-6H3;9-10,15,17H,7-8H2,1-6H3;8-10,13,15-18H,5-7H2,1-4H3;4-5,8H,3,7H2,1-2H3/b;;19-18+;;/t;;;13-,15?,16?,17+,18+;/m...1./s1. The normalized spacial score (nSPS) is 16.2. The number of hydrogen-bond donors (Lipinski definition) is 2. The summed E-state index contributed by atoms with van der Waals surface area (Å²) in [6, 6.07) is 10.1. The Morgan fingerprint density at radius 1 is 0.467 bits per heavy atom. The first kappa shape index (κ1) is 112. The van der Waals surface area contributed by atoms with Gasteiger partial charge in [-0.3, -0.25) is 101 Å². The lowest BCUT2D eigenvalue weighted by Crippen LogP contribution is -2.60. The van der Waals surface area contributed by atoms with E-state index in [1.807, 2.05) is 19.1 Å². The van der Waals surface area contributed by atoms with Gasteiger partial charge in [-0.2, -0.15) is 0 Å². The SMILES string of the molecule is CC(=O)OCC(COC=O)C(OC(C)=O)/C(OC(C)=O)=C(\OC(C)=O)C(=O)C(C)C.CC(=O)OCC(COC=O)C(OC(C)=O)C(OC(C)=O)C(OC(C)=O)C(=O)C(C)C.CC(=O)O[C@H]1[C@H](COC=O)C(COC=O)OC(CC(=O)C(C)C)[C@@H]1OC(C)=O.CC(C)C(=O)C(N)CO.Cc1ccc(C(=O)c2ccc(CC(=O)OCC(=O)C(C)C)n2C)cc1. The van der Waals surface area contributed by atoms with Crippen molar-refractivity contribution in [1.29, 1.82) is 0 Å². The molecule has 12 atom stereocenters. The van der Waals surface area contributed by atoms with Crippen molar-refractivity contribution in [3.05, 3.63) is 70.4 Å². The van der Waals surface area contributed by atoms with Crippen LogP contribution in [0.25, 0.3) is 0 Å². The van der Waals surface area contributed by atoms with E-state index in [4.69, 9.17) is 86.6 Å². The summed E-state index contributed by atoms with van der Waals surface area (Å²) in [7, 11) is 1.74. The van der Waals surface area contributed by atoms with Crippen LogP contribution in [0.1, 0.15) is 172 Å². The molecule has 40 nitrogen and oxygen atoms in total. The molecule has 1 aliphatic rings. The number of aromatic nitrogens is 1. The molecule has 2 aromatic rings. The summed E-state index contributed by atoms with van der Waals surface area (Å²) in [6.45, 7) is 27.4. The van der Waals surface area contributed by atoms with E-state index in [1.165, 1.54) is 41.5 Å². The van der Waals surface area contributed by atoms with Crippen molar-refractivity contribution in [2.24, 2.45) is 60.1 Å². The molecule has 1 fully saturated rings. The van der Waals surface area contributed by atoms with E-state index in [2.05, 4.69) is 0 Å². The van der Waals surface area contributed by atoms with E-state index < -0.39 is 200 Å². The molecule has 1 aromatic carbocycles. The molecule has 3 N–H and O–H groups in total. The topological polar surface area (TPSA) is 557 Å². The first-order chi connectivity index (χ1) is 56.9. The van der Waals surface area contributed by atoms with Gasteiger partial charge >= 0.3 is 65.7 Å². The maximum Gasteiger partial charge on any atom is 0.312 e. The highest BCUT2D eigenvalue weighted by Gasteiger charge is 2.52. The van der Waals surface area contributed by atoms with Gasteiger partial charge in [0, 0.05) is 124 Å². The van der Waals surface area contributed by atoms with Crippen LogP contribution in [0.3, 0.4) is 0 Å². The van der Waals surface area contributed by atoms with E-state index >= 15 is 0 Å². The summed E-state index contributed by atoms with van der Waals surface area (Å²) in [5, 5.41) is 8.41. The Morgan fingerprint density at radius 2 is 0.926 bits per heavy atom. The number of allylic oxidation sites excluding steroid dienone is 1. The van der Waals surface area contributed by atoms with E-state index in [-0.39, 0.29) is 106 Å². The number of nitrogens with zero attached hydrogens (tertiary/aromatic N) is 1. The fraction of sp³-hybridized carbons (Fsp3) is 0.598. The van der Waals surface area contributed by atoms with E-state index in [1.54, 1.807) is 77.4 Å². The third-order valence-electron chi connectivity index (χ3n) is 16.6. The second-order valence-corrected chi connectivity index (χ2v) is 28.6. The minimum atomic E-state index is -1.62. The minimum Gasteiger partial charge on any atom is -0.467 e. The molecule has 1 aliphatic heterocycles. The van der Waals surface area contributed by atoms with Crippen molar-refractivity contribution in [3.8, 4) is 0 Å². The first-order valence-electron chi connectivity index (χ1n) is 38.1. The van der Waals surface area contributed by atoms with Crippen LogP contribution in [0, 0.1) is 54.3 Å². The van der Waals surface area contributed by atoms with Gasteiger partial charge in [0.15, 0.2) is 47.5 Å². The number of ether oxygens (including phenoxy) is 16. The van der Waals surface area contributed by atoms with Gasteiger partial charge < -0.3 is 91.2 Å². The van der Waals surface area contributed by atoms with Gasteiger partial charge in [0.2, 0.25) is 23.4 Å². The zero-order valence-corrected chi connectivity index (χ0v) is 72.7. The number of esters is 11. The van der Waals surface area contributed by atoms with Gasteiger partial charge in [0.05, 0.1) is 42.5 Å². The molecule has 682 valence electrons. The van der Waals surface area contributed by atoms with Crippen LogP contribution in [0.4, 0.5) is 0 Å². The molecular weight excluding hydrogens is 1620 g/mol. The molecule has 0 spiro atoms. The van der Waals surface area contributed by atoms with E-state index in [0.717, 1.165) is 61.0 Å². The predicted molar refractivity (Wildman–Crippen MR) is 418 cm³/mol. The highest BCUT2D eigenvalue weighted by atomic mass is 16.6. The van der Waals surface area contributed by atoms with Crippen molar-refractivity contribution >= 4 is 126 Å². The monoisotopic (exact) mass is 1740 g/mol. The minimum absolute atomic E-state index is 0.0169. The number of ketones is 6.